The monoisotopic (exact) mass is 265 g/mol. The SMILES string of the molecule is CCn1nc(C)c(C(=O)NCC(=O)C(C)(C)C)c1C. The van der Waals surface area contributed by atoms with Gasteiger partial charge in [0.25, 0.3) is 5.91 Å². The van der Waals surface area contributed by atoms with Crippen molar-refractivity contribution in [2.24, 2.45) is 5.41 Å². The molecule has 0 unspecified atom stereocenters. The van der Waals surface area contributed by atoms with Crippen LogP contribution in [0.15, 0.2) is 0 Å². The molecule has 0 saturated carbocycles. The highest BCUT2D eigenvalue weighted by molar-refractivity contribution is 5.99. The molecule has 0 spiro atoms. The first-order valence-electron chi connectivity index (χ1n) is 6.54. The number of ketones is 1. The van der Waals surface area contributed by atoms with Crippen LogP contribution in [0, 0.1) is 19.3 Å². The fraction of sp³-hybridized carbons (Fsp3) is 0.643. The number of rotatable bonds is 4. The lowest BCUT2D eigenvalue weighted by Gasteiger charge is -2.16. The quantitative estimate of drug-likeness (QED) is 0.903. The van der Waals surface area contributed by atoms with E-state index in [0.29, 0.717) is 11.3 Å². The van der Waals surface area contributed by atoms with E-state index in [1.54, 1.807) is 11.6 Å². The molecule has 0 radical (unpaired) electrons. The zero-order chi connectivity index (χ0) is 14.8. The lowest BCUT2D eigenvalue weighted by atomic mass is 9.91. The van der Waals surface area contributed by atoms with Crippen LogP contribution in [0.2, 0.25) is 0 Å². The van der Waals surface area contributed by atoms with Gasteiger partial charge >= 0.3 is 0 Å². The van der Waals surface area contributed by atoms with E-state index in [2.05, 4.69) is 10.4 Å². The van der Waals surface area contributed by atoms with E-state index >= 15 is 0 Å². The van der Waals surface area contributed by atoms with E-state index in [-0.39, 0.29) is 18.2 Å². The average Bonchev–Trinajstić information content (AvgIpc) is 2.59. The molecule has 19 heavy (non-hydrogen) atoms. The Morgan fingerprint density at radius 1 is 1.26 bits per heavy atom. The number of aryl methyl sites for hydroxylation is 2. The zero-order valence-corrected chi connectivity index (χ0v) is 12.6. The van der Waals surface area contributed by atoms with Gasteiger partial charge in [0.1, 0.15) is 0 Å². The summed E-state index contributed by atoms with van der Waals surface area (Å²) in [5.74, 6) is -0.216. The fourth-order valence-corrected chi connectivity index (χ4v) is 1.85. The third kappa shape index (κ3) is 3.43. The molecule has 0 aliphatic heterocycles. The molecule has 1 N–H and O–H groups in total. The van der Waals surface area contributed by atoms with Crippen LogP contribution in [0.4, 0.5) is 0 Å². The van der Waals surface area contributed by atoms with Gasteiger partial charge < -0.3 is 5.32 Å². The van der Waals surface area contributed by atoms with E-state index in [4.69, 9.17) is 0 Å². The molecule has 0 saturated heterocycles. The number of carbonyl (C=O) groups is 2. The Hall–Kier alpha value is -1.65. The third-order valence-corrected chi connectivity index (χ3v) is 3.15. The van der Waals surface area contributed by atoms with Crippen molar-refractivity contribution in [3.8, 4) is 0 Å². The number of nitrogens with one attached hydrogen (secondary N) is 1. The Labute approximate surface area is 114 Å². The van der Waals surface area contributed by atoms with Crippen LogP contribution in [-0.4, -0.2) is 28.0 Å². The summed E-state index contributed by atoms with van der Waals surface area (Å²) in [7, 11) is 0. The Morgan fingerprint density at radius 3 is 2.26 bits per heavy atom. The van der Waals surface area contributed by atoms with Crippen LogP contribution >= 0.6 is 0 Å². The maximum Gasteiger partial charge on any atom is 0.255 e. The van der Waals surface area contributed by atoms with Gasteiger partial charge in [-0.2, -0.15) is 5.10 Å². The molecule has 0 aliphatic rings. The highest BCUT2D eigenvalue weighted by Crippen LogP contribution is 2.15. The van der Waals surface area contributed by atoms with Crippen LogP contribution < -0.4 is 5.32 Å². The molecule has 0 aliphatic carbocycles. The molecular weight excluding hydrogens is 242 g/mol. The number of hydrogen-bond acceptors (Lipinski definition) is 3. The molecule has 106 valence electrons. The van der Waals surface area contributed by atoms with Gasteiger partial charge in [-0.25, -0.2) is 0 Å². The van der Waals surface area contributed by atoms with Crippen LogP contribution in [0.25, 0.3) is 0 Å². The van der Waals surface area contributed by atoms with Crippen molar-refractivity contribution >= 4 is 11.7 Å². The van der Waals surface area contributed by atoms with Crippen LogP contribution in [-0.2, 0) is 11.3 Å². The lowest BCUT2D eigenvalue weighted by Crippen LogP contribution is -2.35. The first-order valence-corrected chi connectivity index (χ1v) is 6.54. The molecule has 0 fully saturated rings. The molecule has 0 aromatic carbocycles. The number of amides is 1. The van der Waals surface area contributed by atoms with Gasteiger partial charge in [-0.05, 0) is 20.8 Å². The van der Waals surface area contributed by atoms with Crippen molar-refractivity contribution in [1.29, 1.82) is 0 Å². The number of hydrogen-bond donors (Lipinski definition) is 1. The minimum atomic E-state index is -0.440. The second kappa shape index (κ2) is 5.55. The molecular formula is C14H23N3O2. The smallest absolute Gasteiger partial charge is 0.255 e. The van der Waals surface area contributed by atoms with Crippen molar-refractivity contribution in [2.45, 2.75) is 48.1 Å². The van der Waals surface area contributed by atoms with Crippen molar-refractivity contribution in [3.63, 3.8) is 0 Å². The van der Waals surface area contributed by atoms with E-state index in [9.17, 15) is 9.59 Å². The third-order valence-electron chi connectivity index (χ3n) is 3.15. The van der Waals surface area contributed by atoms with E-state index in [0.717, 1.165) is 12.2 Å². The van der Waals surface area contributed by atoms with Crippen molar-refractivity contribution < 1.29 is 9.59 Å². The van der Waals surface area contributed by atoms with Crippen molar-refractivity contribution in [3.05, 3.63) is 17.0 Å². The van der Waals surface area contributed by atoms with Crippen LogP contribution in [0.3, 0.4) is 0 Å². The highest BCUT2D eigenvalue weighted by Gasteiger charge is 2.23. The Balaban J connectivity index is 2.80. The normalized spacial score (nSPS) is 11.5. The largest absolute Gasteiger partial charge is 0.345 e. The van der Waals surface area contributed by atoms with E-state index < -0.39 is 5.41 Å². The minimum absolute atomic E-state index is 0.0130. The van der Waals surface area contributed by atoms with E-state index in [1.807, 2.05) is 34.6 Å². The lowest BCUT2D eigenvalue weighted by molar-refractivity contribution is -0.125. The fourth-order valence-electron chi connectivity index (χ4n) is 1.85. The van der Waals surface area contributed by atoms with E-state index in [1.165, 1.54) is 0 Å². The van der Waals surface area contributed by atoms with Gasteiger partial charge in [-0.1, -0.05) is 20.8 Å². The summed E-state index contributed by atoms with van der Waals surface area (Å²) in [6, 6.07) is 0. The Bertz CT molecular complexity index is 496. The second-order valence-corrected chi connectivity index (χ2v) is 5.72. The van der Waals surface area contributed by atoms with Crippen molar-refractivity contribution in [1.82, 2.24) is 15.1 Å². The second-order valence-electron chi connectivity index (χ2n) is 5.72. The van der Waals surface area contributed by atoms with Gasteiger partial charge in [0, 0.05) is 17.7 Å². The average molecular weight is 265 g/mol. The first kappa shape index (κ1) is 15.4. The molecule has 1 amide bonds. The maximum atomic E-state index is 12.1. The topological polar surface area (TPSA) is 64.0 Å². The van der Waals surface area contributed by atoms with Gasteiger partial charge in [0.15, 0.2) is 5.78 Å². The summed E-state index contributed by atoms with van der Waals surface area (Å²) >= 11 is 0. The predicted octanol–water partition coefficient (Wildman–Crippen LogP) is 1.86. The van der Waals surface area contributed by atoms with Gasteiger partial charge in [0.05, 0.1) is 17.8 Å². The summed E-state index contributed by atoms with van der Waals surface area (Å²) < 4.78 is 1.79. The predicted molar refractivity (Wildman–Crippen MR) is 74.2 cm³/mol. The summed E-state index contributed by atoms with van der Waals surface area (Å²) in [6.45, 7) is 11.9. The molecule has 1 aromatic rings. The summed E-state index contributed by atoms with van der Waals surface area (Å²) in [5.41, 5.74) is 1.66. The van der Waals surface area contributed by atoms with Crippen LogP contribution in [0.1, 0.15) is 49.4 Å². The molecule has 1 rings (SSSR count). The standard InChI is InChI=1S/C14H23N3O2/c1-7-17-10(3)12(9(2)16-17)13(19)15-8-11(18)14(4,5)6/h7-8H2,1-6H3,(H,15,19). The summed E-state index contributed by atoms with van der Waals surface area (Å²) in [6.07, 6.45) is 0. The summed E-state index contributed by atoms with van der Waals surface area (Å²) in [4.78, 5) is 23.9. The first-order chi connectivity index (χ1) is 8.68. The highest BCUT2D eigenvalue weighted by atomic mass is 16.2. The molecule has 1 aromatic heterocycles. The Morgan fingerprint density at radius 2 is 1.84 bits per heavy atom. The zero-order valence-electron chi connectivity index (χ0n) is 12.6. The van der Waals surface area contributed by atoms with Crippen molar-refractivity contribution in [2.75, 3.05) is 6.54 Å². The Kier molecular flexibility index (Phi) is 4.50. The molecule has 0 atom stereocenters. The maximum absolute atomic E-state index is 12.1. The van der Waals surface area contributed by atoms with Gasteiger partial charge in [-0.15, -0.1) is 0 Å². The molecule has 5 heteroatoms. The van der Waals surface area contributed by atoms with Crippen LogP contribution in [0.5, 0.6) is 0 Å². The van der Waals surface area contributed by atoms with Gasteiger partial charge in [-0.3, -0.25) is 14.3 Å². The number of Topliss-reactive ketones (excluding diaryl/α,β-unsaturated/α-hetero) is 1. The molecule has 0 bridgehead atoms. The number of aromatic nitrogens is 2. The minimum Gasteiger partial charge on any atom is -0.345 e. The summed E-state index contributed by atoms with van der Waals surface area (Å²) in [5, 5.41) is 6.98. The number of carbonyl (C=O) groups excluding carboxylic acids is 2. The number of nitrogens with zero attached hydrogens (tertiary/aromatic N) is 2. The van der Waals surface area contributed by atoms with Gasteiger partial charge in [0.2, 0.25) is 0 Å². The molecule has 1 heterocycles. The molecule has 5 nitrogen and oxygen atoms in total.